The summed E-state index contributed by atoms with van der Waals surface area (Å²) in [5, 5.41) is 0. The second-order valence-corrected chi connectivity index (χ2v) is 9.85. The summed E-state index contributed by atoms with van der Waals surface area (Å²) < 4.78 is 0. The van der Waals surface area contributed by atoms with Crippen molar-refractivity contribution in [2.45, 2.75) is 117 Å². The van der Waals surface area contributed by atoms with E-state index in [0.717, 1.165) is 49.9 Å². The first-order chi connectivity index (χ1) is 18.8. The van der Waals surface area contributed by atoms with Crippen LogP contribution in [0.25, 0.3) is 0 Å². The SMILES string of the molecule is CCCCCCCC#CCCc1ccccc1N=CC=Nc1ccccc1CCC#CCCCCCCC.[Ni]. The summed E-state index contributed by atoms with van der Waals surface area (Å²) in [5.74, 6) is 13.4. The van der Waals surface area contributed by atoms with Crippen LogP contribution in [-0.4, -0.2) is 12.4 Å². The first kappa shape index (κ1) is 34.4. The number of benzene rings is 2. The van der Waals surface area contributed by atoms with E-state index >= 15 is 0 Å². The zero-order valence-corrected chi connectivity index (χ0v) is 25.3. The van der Waals surface area contributed by atoms with Gasteiger partial charge in [-0.1, -0.05) is 102 Å². The molecule has 0 fully saturated rings. The molecule has 0 radical (unpaired) electrons. The third-order valence-electron chi connectivity index (χ3n) is 6.58. The van der Waals surface area contributed by atoms with E-state index in [2.05, 4.69) is 83.9 Å². The second-order valence-electron chi connectivity index (χ2n) is 9.85. The van der Waals surface area contributed by atoms with Crippen molar-refractivity contribution in [3.8, 4) is 23.7 Å². The van der Waals surface area contributed by atoms with E-state index in [9.17, 15) is 0 Å². The molecule has 2 aromatic rings. The van der Waals surface area contributed by atoms with Crippen LogP contribution in [0.5, 0.6) is 0 Å². The smallest absolute Gasteiger partial charge is 0.0662 e. The number of para-hydroxylation sites is 2. The Hall–Kier alpha value is -2.61. The van der Waals surface area contributed by atoms with Gasteiger partial charge in [-0.2, -0.15) is 0 Å². The Morgan fingerprint density at radius 2 is 0.897 bits per heavy atom. The van der Waals surface area contributed by atoms with E-state index in [4.69, 9.17) is 0 Å². The Balaban J connectivity index is 0.00000760. The summed E-state index contributed by atoms with van der Waals surface area (Å²) in [6.45, 7) is 4.51. The van der Waals surface area contributed by atoms with Gasteiger partial charge in [0.05, 0.1) is 11.4 Å². The van der Waals surface area contributed by atoms with Crippen molar-refractivity contribution >= 4 is 23.8 Å². The van der Waals surface area contributed by atoms with Crippen LogP contribution in [0.4, 0.5) is 11.4 Å². The summed E-state index contributed by atoms with van der Waals surface area (Å²) in [7, 11) is 0. The third-order valence-corrected chi connectivity index (χ3v) is 6.58. The van der Waals surface area contributed by atoms with Crippen molar-refractivity contribution in [2.24, 2.45) is 9.98 Å². The molecule has 212 valence electrons. The largest absolute Gasteiger partial charge is 0.255 e. The predicted molar refractivity (Wildman–Crippen MR) is 168 cm³/mol. The molecule has 39 heavy (non-hydrogen) atoms. The molecule has 0 aliphatic rings. The van der Waals surface area contributed by atoms with Crippen molar-refractivity contribution in [3.63, 3.8) is 0 Å². The molecule has 0 N–H and O–H groups in total. The van der Waals surface area contributed by atoms with Crippen molar-refractivity contribution in [1.29, 1.82) is 0 Å². The van der Waals surface area contributed by atoms with Gasteiger partial charge in [-0.05, 0) is 48.9 Å². The van der Waals surface area contributed by atoms with Gasteiger partial charge in [0.25, 0.3) is 0 Å². The number of aryl methyl sites for hydroxylation is 2. The molecule has 0 aliphatic heterocycles. The summed E-state index contributed by atoms with van der Waals surface area (Å²) in [6.07, 6.45) is 22.3. The van der Waals surface area contributed by atoms with Crippen molar-refractivity contribution < 1.29 is 16.5 Å². The van der Waals surface area contributed by atoms with Gasteiger partial charge in [0.15, 0.2) is 0 Å². The van der Waals surface area contributed by atoms with Crippen LogP contribution in [0.1, 0.15) is 115 Å². The molecule has 0 saturated carbocycles. The standard InChI is InChI=1S/C36H48N2.Ni/c1-3-5-7-9-11-13-15-17-19-25-33-27-21-23-29-35(33)37-31-32-38-36-30-24-22-28-34(36)26-20-18-16-14-12-10-8-6-4-2;/h21-24,27-32H,3-14,19-20,25-26H2,1-2H3;. The number of hydrogen-bond donors (Lipinski definition) is 0. The van der Waals surface area contributed by atoms with Gasteiger partial charge in [-0.3, -0.25) is 9.98 Å². The Labute approximate surface area is 249 Å². The Kier molecular flexibility index (Phi) is 21.6. The molecule has 2 nitrogen and oxygen atoms in total. The minimum absolute atomic E-state index is 0. The Morgan fingerprint density at radius 1 is 0.513 bits per heavy atom. The van der Waals surface area contributed by atoms with Crippen LogP contribution in [-0.2, 0) is 29.3 Å². The van der Waals surface area contributed by atoms with E-state index in [1.165, 1.54) is 75.3 Å². The van der Waals surface area contributed by atoms with E-state index in [1.54, 1.807) is 12.4 Å². The molecule has 2 aromatic carbocycles. The summed E-state index contributed by atoms with van der Waals surface area (Å²) in [5.41, 5.74) is 4.47. The predicted octanol–water partition coefficient (Wildman–Crippen LogP) is 10.4. The molecule has 0 heterocycles. The Morgan fingerprint density at radius 3 is 1.33 bits per heavy atom. The normalized spacial score (nSPS) is 10.6. The van der Waals surface area contributed by atoms with Gasteiger partial charge in [0.2, 0.25) is 0 Å². The molecule has 0 spiro atoms. The zero-order chi connectivity index (χ0) is 26.9. The molecule has 0 amide bonds. The van der Waals surface area contributed by atoms with Crippen LogP contribution in [0.15, 0.2) is 58.5 Å². The fourth-order valence-corrected chi connectivity index (χ4v) is 4.31. The summed E-state index contributed by atoms with van der Waals surface area (Å²) in [6, 6.07) is 16.7. The molecule has 2 rings (SSSR count). The van der Waals surface area contributed by atoms with Gasteiger partial charge in [0, 0.05) is 54.6 Å². The molecule has 0 unspecified atom stereocenters. The molecular formula is C36H48N2Ni. The maximum absolute atomic E-state index is 4.69. The molecule has 0 bridgehead atoms. The first-order valence-corrected chi connectivity index (χ1v) is 15.0. The fraction of sp³-hybridized carbons (Fsp3) is 0.500. The minimum Gasteiger partial charge on any atom is -0.255 e. The number of aliphatic imine (C=N–C) groups is 2. The zero-order valence-electron chi connectivity index (χ0n) is 24.3. The average molecular weight is 567 g/mol. The van der Waals surface area contributed by atoms with Gasteiger partial charge in [-0.15, -0.1) is 23.7 Å². The van der Waals surface area contributed by atoms with Gasteiger partial charge in [0.1, 0.15) is 0 Å². The van der Waals surface area contributed by atoms with Crippen LogP contribution < -0.4 is 0 Å². The number of hydrogen-bond acceptors (Lipinski definition) is 2. The monoisotopic (exact) mass is 566 g/mol. The van der Waals surface area contributed by atoms with Gasteiger partial charge in [-0.25, -0.2) is 0 Å². The molecule has 0 aliphatic carbocycles. The molecular weight excluding hydrogens is 519 g/mol. The quantitative estimate of drug-likeness (QED) is 0.0787. The molecule has 3 heteroatoms. The van der Waals surface area contributed by atoms with Crippen LogP contribution >= 0.6 is 0 Å². The molecule has 0 saturated heterocycles. The van der Waals surface area contributed by atoms with E-state index in [-0.39, 0.29) is 16.5 Å². The maximum atomic E-state index is 4.69. The average Bonchev–Trinajstić information content (AvgIpc) is 2.95. The summed E-state index contributed by atoms with van der Waals surface area (Å²) in [4.78, 5) is 9.37. The number of nitrogens with zero attached hydrogens (tertiary/aromatic N) is 2. The second kappa shape index (κ2) is 24.4. The maximum Gasteiger partial charge on any atom is 0.0662 e. The number of rotatable bonds is 17. The van der Waals surface area contributed by atoms with Gasteiger partial charge < -0.3 is 0 Å². The van der Waals surface area contributed by atoms with Crippen molar-refractivity contribution in [2.75, 3.05) is 0 Å². The fourth-order valence-electron chi connectivity index (χ4n) is 4.31. The molecule has 0 aromatic heterocycles. The molecule has 0 atom stereocenters. The number of unbranched alkanes of at least 4 members (excludes halogenated alkanes) is 10. The van der Waals surface area contributed by atoms with E-state index in [0.29, 0.717) is 0 Å². The van der Waals surface area contributed by atoms with Crippen molar-refractivity contribution in [1.82, 2.24) is 0 Å². The van der Waals surface area contributed by atoms with Crippen LogP contribution in [0, 0.1) is 23.7 Å². The van der Waals surface area contributed by atoms with Gasteiger partial charge >= 0.3 is 0 Å². The van der Waals surface area contributed by atoms with E-state index < -0.39 is 0 Å². The minimum atomic E-state index is 0. The van der Waals surface area contributed by atoms with E-state index in [1.807, 2.05) is 12.1 Å². The Bertz CT molecular complexity index is 991. The first-order valence-electron chi connectivity index (χ1n) is 15.0. The van der Waals surface area contributed by atoms with Crippen LogP contribution in [0.2, 0.25) is 0 Å². The topological polar surface area (TPSA) is 24.7 Å². The van der Waals surface area contributed by atoms with Crippen molar-refractivity contribution in [3.05, 3.63) is 59.7 Å². The van der Waals surface area contributed by atoms with Crippen LogP contribution in [0.3, 0.4) is 0 Å². The third kappa shape index (κ3) is 16.9. The summed E-state index contributed by atoms with van der Waals surface area (Å²) >= 11 is 0.